The highest BCUT2D eigenvalue weighted by atomic mass is 16.3. The molecule has 0 aromatic rings. The number of hydrogen-bond donors (Lipinski definition) is 3. The maximum absolute atomic E-state index is 14.0. The van der Waals surface area contributed by atoms with E-state index in [-0.39, 0.29) is 46.7 Å². The summed E-state index contributed by atoms with van der Waals surface area (Å²) in [6.45, 7) is 14.0. The minimum absolute atomic E-state index is 0.000142. The van der Waals surface area contributed by atoms with E-state index < -0.39 is 16.9 Å². The minimum atomic E-state index is -0.588. The Kier molecular flexibility index (Phi) is 5.44. The average molecular weight is 473 g/mol. The number of Topliss-reactive ketones (excluding diaryl/α,β-unsaturated/α-hetero) is 1. The van der Waals surface area contributed by atoms with Crippen LogP contribution in [0.25, 0.3) is 0 Å². The van der Waals surface area contributed by atoms with Crippen molar-refractivity contribution in [2.45, 2.75) is 105 Å². The largest absolute Gasteiger partial charge is 0.396 e. The van der Waals surface area contributed by atoms with Crippen LogP contribution in [0.5, 0.6) is 0 Å². The molecule has 0 heterocycles. The number of aliphatic hydroxyl groups excluding tert-OH is 3. The van der Waals surface area contributed by atoms with Gasteiger partial charge in [-0.05, 0) is 85.4 Å². The zero-order chi connectivity index (χ0) is 24.9. The standard InChI is InChI=1S/C30H48O4/c1-25(2)13-14-30(18-32)20(15-25)19-7-8-22-26(3)11-10-23(33)27(4,17-31)21(26)9-12-28(22,5)29(19,6)16-24(30)34/h7,20-23,31-33H,8-18H2,1-6H3/t20-,21+,22+,23-,26-,27-,28+,29+,30+/m0/s1. The van der Waals surface area contributed by atoms with Crippen LogP contribution in [0.1, 0.15) is 99.3 Å². The van der Waals surface area contributed by atoms with Crippen LogP contribution in [0.4, 0.5) is 0 Å². The Labute approximate surface area is 206 Å². The molecule has 0 aromatic carbocycles. The van der Waals surface area contributed by atoms with Crippen LogP contribution in [0.3, 0.4) is 0 Å². The average Bonchev–Trinajstić information content (AvgIpc) is 2.77. The summed E-state index contributed by atoms with van der Waals surface area (Å²) in [5, 5.41) is 31.9. The number of carbonyl (C=O) groups excluding carboxylic acids is 1. The first-order valence-electron chi connectivity index (χ1n) is 13.9. The fourth-order valence-corrected chi connectivity index (χ4v) is 10.5. The van der Waals surface area contributed by atoms with E-state index in [2.05, 4.69) is 47.6 Å². The molecule has 4 saturated carbocycles. The predicted molar refractivity (Wildman–Crippen MR) is 134 cm³/mol. The number of aliphatic hydroxyl groups is 3. The van der Waals surface area contributed by atoms with Gasteiger partial charge in [-0.1, -0.05) is 53.2 Å². The Hall–Kier alpha value is -0.710. The lowest BCUT2D eigenvalue weighted by Gasteiger charge is -2.71. The van der Waals surface area contributed by atoms with E-state index in [4.69, 9.17) is 0 Å². The van der Waals surface area contributed by atoms with Crippen LogP contribution in [-0.4, -0.2) is 40.4 Å². The van der Waals surface area contributed by atoms with Crippen LogP contribution in [0.2, 0.25) is 0 Å². The lowest BCUT2D eigenvalue weighted by atomic mass is 9.33. The van der Waals surface area contributed by atoms with Gasteiger partial charge in [0, 0.05) is 17.3 Å². The minimum Gasteiger partial charge on any atom is -0.396 e. The maximum Gasteiger partial charge on any atom is 0.142 e. The quantitative estimate of drug-likeness (QED) is 0.477. The summed E-state index contributed by atoms with van der Waals surface area (Å²) in [5.74, 6) is 1.15. The van der Waals surface area contributed by atoms with Gasteiger partial charge in [-0.15, -0.1) is 0 Å². The van der Waals surface area contributed by atoms with E-state index in [1.165, 1.54) is 5.57 Å². The molecule has 0 bridgehead atoms. The molecule has 192 valence electrons. The summed E-state index contributed by atoms with van der Waals surface area (Å²) >= 11 is 0. The lowest BCUT2D eigenvalue weighted by molar-refractivity contribution is -0.215. The van der Waals surface area contributed by atoms with E-state index >= 15 is 0 Å². The number of ketones is 1. The molecule has 0 spiro atoms. The molecule has 34 heavy (non-hydrogen) atoms. The van der Waals surface area contributed by atoms with Crippen molar-refractivity contribution >= 4 is 5.78 Å². The molecule has 0 aromatic heterocycles. The molecule has 5 aliphatic carbocycles. The molecule has 0 unspecified atom stereocenters. The molecule has 9 atom stereocenters. The second-order valence-corrected chi connectivity index (χ2v) is 14.8. The number of rotatable bonds is 2. The number of hydrogen-bond acceptors (Lipinski definition) is 4. The van der Waals surface area contributed by atoms with E-state index in [0.717, 1.165) is 51.4 Å². The summed E-state index contributed by atoms with van der Waals surface area (Å²) in [6.07, 6.45) is 10.2. The van der Waals surface area contributed by atoms with Gasteiger partial charge in [0.15, 0.2) is 0 Å². The molecule has 0 amide bonds. The summed E-state index contributed by atoms with van der Waals surface area (Å²) in [6, 6.07) is 0. The summed E-state index contributed by atoms with van der Waals surface area (Å²) in [5.41, 5.74) is 0.456. The first-order valence-corrected chi connectivity index (χ1v) is 13.9. The zero-order valence-corrected chi connectivity index (χ0v) is 22.4. The van der Waals surface area contributed by atoms with Crippen LogP contribution in [0.15, 0.2) is 11.6 Å². The fraction of sp³-hybridized carbons (Fsp3) is 0.900. The highest BCUT2D eigenvalue weighted by Gasteiger charge is 2.70. The highest BCUT2D eigenvalue weighted by Crippen LogP contribution is 2.75. The molecule has 5 rings (SSSR count). The van der Waals surface area contributed by atoms with Crippen molar-refractivity contribution < 1.29 is 20.1 Å². The smallest absolute Gasteiger partial charge is 0.142 e. The first kappa shape index (κ1) is 25.0. The SMILES string of the molecule is CC1(C)CC[C@]2(CO)C(=O)C[C@]3(C)C(=CC[C@@H]4[C@@]5(C)CC[C@H](O)[C@@](C)(CO)[C@@H]5CC[C@]43C)[C@@H]2C1. The van der Waals surface area contributed by atoms with Gasteiger partial charge in [0.1, 0.15) is 5.78 Å². The van der Waals surface area contributed by atoms with Gasteiger partial charge >= 0.3 is 0 Å². The molecule has 4 fully saturated rings. The second-order valence-electron chi connectivity index (χ2n) is 14.8. The number of carbonyl (C=O) groups is 1. The third kappa shape index (κ3) is 2.85. The second kappa shape index (κ2) is 7.42. The molecule has 0 aliphatic heterocycles. The monoisotopic (exact) mass is 472 g/mol. The van der Waals surface area contributed by atoms with E-state index in [1.807, 2.05) is 0 Å². The van der Waals surface area contributed by atoms with Gasteiger partial charge < -0.3 is 15.3 Å². The Balaban J connectivity index is 1.61. The highest BCUT2D eigenvalue weighted by molar-refractivity contribution is 5.89. The first-order chi connectivity index (χ1) is 15.7. The van der Waals surface area contributed by atoms with Crippen molar-refractivity contribution in [3.05, 3.63) is 11.6 Å². The van der Waals surface area contributed by atoms with Gasteiger partial charge in [-0.2, -0.15) is 0 Å². The van der Waals surface area contributed by atoms with Gasteiger partial charge in [0.2, 0.25) is 0 Å². The number of allylic oxidation sites excluding steroid dienone is 2. The van der Waals surface area contributed by atoms with Gasteiger partial charge in [0.05, 0.1) is 24.7 Å². The van der Waals surface area contributed by atoms with Crippen molar-refractivity contribution in [3.63, 3.8) is 0 Å². The normalized spacial score (nSPS) is 54.3. The summed E-state index contributed by atoms with van der Waals surface area (Å²) in [4.78, 5) is 14.0. The van der Waals surface area contributed by atoms with E-state index in [1.54, 1.807) is 0 Å². The van der Waals surface area contributed by atoms with Gasteiger partial charge in [-0.3, -0.25) is 4.79 Å². The van der Waals surface area contributed by atoms with Crippen molar-refractivity contribution in [2.24, 2.45) is 50.2 Å². The molecular weight excluding hydrogens is 424 g/mol. The molecule has 0 saturated heterocycles. The van der Waals surface area contributed by atoms with Crippen LogP contribution in [0, 0.1) is 50.2 Å². The predicted octanol–water partition coefficient (Wildman–Crippen LogP) is 5.29. The van der Waals surface area contributed by atoms with Crippen molar-refractivity contribution in [3.8, 4) is 0 Å². The Morgan fingerprint density at radius 3 is 2.26 bits per heavy atom. The summed E-state index contributed by atoms with van der Waals surface area (Å²) < 4.78 is 0. The molecule has 5 aliphatic rings. The Bertz CT molecular complexity index is 907. The Morgan fingerprint density at radius 2 is 1.62 bits per heavy atom. The lowest BCUT2D eigenvalue weighted by Crippen LogP contribution is -2.67. The van der Waals surface area contributed by atoms with Crippen LogP contribution in [-0.2, 0) is 4.79 Å². The number of fused-ring (bicyclic) bond motifs is 7. The molecule has 4 heteroatoms. The third-order valence-corrected chi connectivity index (χ3v) is 13.0. The zero-order valence-electron chi connectivity index (χ0n) is 22.4. The van der Waals surface area contributed by atoms with Crippen LogP contribution >= 0.6 is 0 Å². The third-order valence-electron chi connectivity index (χ3n) is 13.0. The van der Waals surface area contributed by atoms with Crippen molar-refractivity contribution in [1.29, 1.82) is 0 Å². The van der Waals surface area contributed by atoms with E-state index in [9.17, 15) is 20.1 Å². The molecule has 4 nitrogen and oxygen atoms in total. The van der Waals surface area contributed by atoms with Gasteiger partial charge in [0.25, 0.3) is 0 Å². The maximum atomic E-state index is 14.0. The van der Waals surface area contributed by atoms with Gasteiger partial charge in [-0.25, -0.2) is 0 Å². The molecule has 0 radical (unpaired) electrons. The van der Waals surface area contributed by atoms with Crippen LogP contribution < -0.4 is 0 Å². The Morgan fingerprint density at radius 1 is 0.912 bits per heavy atom. The fourth-order valence-electron chi connectivity index (χ4n) is 10.5. The summed E-state index contributed by atoms with van der Waals surface area (Å²) in [7, 11) is 0. The molecule has 3 N–H and O–H groups in total. The van der Waals surface area contributed by atoms with E-state index in [0.29, 0.717) is 18.1 Å². The topological polar surface area (TPSA) is 77.8 Å². The van der Waals surface area contributed by atoms with Crippen molar-refractivity contribution in [1.82, 2.24) is 0 Å². The molecular formula is C30H48O4. The van der Waals surface area contributed by atoms with Crippen molar-refractivity contribution in [2.75, 3.05) is 13.2 Å².